The minimum Gasteiger partial charge on any atom is -0.478 e. The van der Waals surface area contributed by atoms with E-state index in [1.54, 1.807) is 14.7 Å². The van der Waals surface area contributed by atoms with Crippen molar-refractivity contribution < 1.29 is 42.6 Å². The summed E-state index contributed by atoms with van der Waals surface area (Å²) in [6.45, 7) is 4.46. The van der Waals surface area contributed by atoms with E-state index in [0.717, 1.165) is 6.07 Å². The summed E-state index contributed by atoms with van der Waals surface area (Å²) in [5.41, 5.74) is 5.88. The van der Waals surface area contributed by atoms with Gasteiger partial charge in [-0.2, -0.15) is 0 Å². The summed E-state index contributed by atoms with van der Waals surface area (Å²) in [5.74, 6) is -5.99. The molecule has 2 atom stereocenters. The third-order valence-corrected chi connectivity index (χ3v) is 5.54. The Labute approximate surface area is 199 Å². The van der Waals surface area contributed by atoms with Gasteiger partial charge in [-0.3, -0.25) is 4.79 Å². The van der Waals surface area contributed by atoms with Crippen molar-refractivity contribution >= 4 is 23.9 Å². The molecule has 2 aliphatic rings. The van der Waals surface area contributed by atoms with Crippen molar-refractivity contribution in [1.82, 2.24) is 14.7 Å². The van der Waals surface area contributed by atoms with Crippen molar-refractivity contribution in [3.8, 4) is 0 Å². The normalized spacial score (nSPS) is 18.3. The van der Waals surface area contributed by atoms with Crippen molar-refractivity contribution in [1.29, 1.82) is 0 Å². The second-order valence-corrected chi connectivity index (χ2v) is 8.04. The van der Waals surface area contributed by atoms with Crippen molar-refractivity contribution in [2.24, 2.45) is 5.73 Å². The molecule has 4 N–H and O–H groups in total. The largest absolute Gasteiger partial charge is 0.478 e. The molecule has 13 heteroatoms. The molecule has 10 nitrogen and oxygen atoms in total. The summed E-state index contributed by atoms with van der Waals surface area (Å²) in [7, 11) is 0. The standard InChI is InChI=1S/C18H23F3N4O2.C4H4O4/c1-2-23-9-13-10-24(3-4-25(13)18(23)27)17(26)7-12(22)5-11-6-15(20)16(21)8-14(11)19;5-3(6)1-2-4(7)8/h6,8,12-13H,2-5,7,9-10,22H2,1H3;1-2H,(H,5,6)(H,7,8)/b;2-1+/t12-,13?;/m1./s1. The molecular weight excluding hydrogens is 473 g/mol. The number of aliphatic carboxylic acids is 2. The molecule has 2 saturated heterocycles. The lowest BCUT2D eigenvalue weighted by Crippen LogP contribution is -2.54. The van der Waals surface area contributed by atoms with E-state index in [1.165, 1.54) is 0 Å². The van der Waals surface area contributed by atoms with Crippen LogP contribution < -0.4 is 5.73 Å². The first-order valence-electron chi connectivity index (χ1n) is 10.8. The number of nitrogens with two attached hydrogens (primary N) is 1. The van der Waals surface area contributed by atoms with Crippen molar-refractivity contribution in [2.75, 3.05) is 32.7 Å². The lowest BCUT2D eigenvalue weighted by molar-refractivity contribution is -0.134. The van der Waals surface area contributed by atoms with E-state index in [9.17, 15) is 32.3 Å². The Bertz CT molecular complexity index is 990. The predicted molar refractivity (Wildman–Crippen MR) is 117 cm³/mol. The van der Waals surface area contributed by atoms with E-state index in [4.69, 9.17) is 15.9 Å². The Morgan fingerprint density at radius 2 is 1.66 bits per heavy atom. The molecule has 2 aliphatic heterocycles. The molecule has 192 valence electrons. The van der Waals surface area contributed by atoms with Crippen molar-refractivity contribution in [2.45, 2.75) is 31.8 Å². The molecule has 0 aromatic heterocycles. The van der Waals surface area contributed by atoms with Crippen LogP contribution >= 0.6 is 0 Å². The maximum absolute atomic E-state index is 13.7. The molecule has 35 heavy (non-hydrogen) atoms. The topological polar surface area (TPSA) is 144 Å². The highest BCUT2D eigenvalue weighted by Gasteiger charge is 2.40. The summed E-state index contributed by atoms with van der Waals surface area (Å²) >= 11 is 0. The number of rotatable bonds is 7. The number of carbonyl (C=O) groups excluding carboxylic acids is 2. The number of hydrogen-bond donors (Lipinski definition) is 3. The Kier molecular flexibility index (Phi) is 9.63. The Hall–Kier alpha value is -3.61. The zero-order valence-electron chi connectivity index (χ0n) is 19.0. The van der Waals surface area contributed by atoms with Crippen LogP contribution in [0.5, 0.6) is 0 Å². The molecule has 0 spiro atoms. The van der Waals surface area contributed by atoms with Gasteiger partial charge < -0.3 is 30.6 Å². The van der Waals surface area contributed by atoms with E-state index in [2.05, 4.69) is 0 Å². The molecule has 0 saturated carbocycles. The van der Waals surface area contributed by atoms with Crippen LogP contribution in [0.2, 0.25) is 0 Å². The smallest absolute Gasteiger partial charge is 0.328 e. The molecule has 2 heterocycles. The van der Waals surface area contributed by atoms with Gasteiger partial charge in [-0.05, 0) is 25.0 Å². The maximum atomic E-state index is 13.7. The van der Waals surface area contributed by atoms with Gasteiger partial charge in [0.05, 0.1) is 6.04 Å². The number of hydrogen-bond acceptors (Lipinski definition) is 5. The number of fused-ring (bicyclic) bond motifs is 1. The monoisotopic (exact) mass is 500 g/mol. The first kappa shape index (κ1) is 27.6. The average molecular weight is 500 g/mol. The average Bonchev–Trinajstić information content (AvgIpc) is 3.11. The van der Waals surface area contributed by atoms with Gasteiger partial charge in [0.25, 0.3) is 0 Å². The van der Waals surface area contributed by atoms with E-state index in [1.807, 2.05) is 6.92 Å². The fourth-order valence-electron chi connectivity index (χ4n) is 3.84. The number of amides is 3. The summed E-state index contributed by atoms with van der Waals surface area (Å²) in [5, 5.41) is 15.6. The molecule has 3 rings (SSSR count). The van der Waals surface area contributed by atoms with Gasteiger partial charge in [-0.25, -0.2) is 27.6 Å². The van der Waals surface area contributed by atoms with E-state index in [0.29, 0.717) is 50.9 Å². The molecule has 1 aromatic carbocycles. The van der Waals surface area contributed by atoms with Gasteiger partial charge in [-0.15, -0.1) is 0 Å². The number of halogens is 3. The molecule has 0 aliphatic carbocycles. The van der Waals surface area contributed by atoms with E-state index >= 15 is 0 Å². The van der Waals surface area contributed by atoms with Gasteiger partial charge in [-0.1, -0.05) is 0 Å². The highest BCUT2D eigenvalue weighted by Crippen LogP contribution is 2.21. The fraction of sp³-hybridized carbons (Fsp3) is 0.455. The first-order valence-corrected chi connectivity index (χ1v) is 10.8. The van der Waals surface area contributed by atoms with Crippen LogP contribution in [-0.4, -0.2) is 93.6 Å². The van der Waals surface area contributed by atoms with Crippen LogP contribution in [0.3, 0.4) is 0 Å². The van der Waals surface area contributed by atoms with Gasteiger partial charge in [0.15, 0.2) is 11.6 Å². The molecule has 3 amide bonds. The van der Waals surface area contributed by atoms with Gasteiger partial charge in [0.1, 0.15) is 5.82 Å². The second-order valence-electron chi connectivity index (χ2n) is 8.04. The highest BCUT2D eigenvalue weighted by atomic mass is 19.2. The van der Waals surface area contributed by atoms with Crippen LogP contribution in [0, 0.1) is 17.5 Å². The molecular formula is C22H27F3N4O6. The molecule has 1 unspecified atom stereocenters. The number of nitrogens with zero attached hydrogens (tertiary/aromatic N) is 3. The minimum absolute atomic E-state index is 0.000104. The third kappa shape index (κ3) is 7.70. The first-order chi connectivity index (χ1) is 16.4. The van der Waals surface area contributed by atoms with Gasteiger partial charge >= 0.3 is 18.0 Å². The van der Waals surface area contributed by atoms with E-state index in [-0.39, 0.29) is 36.4 Å². The quantitative estimate of drug-likeness (QED) is 0.375. The summed E-state index contributed by atoms with van der Waals surface area (Å²) in [6.07, 6.45) is 1.02. The fourth-order valence-corrected chi connectivity index (χ4v) is 3.84. The number of carboxylic acid groups (broad SMARTS) is 2. The zero-order valence-corrected chi connectivity index (χ0v) is 19.0. The van der Waals surface area contributed by atoms with Crippen LogP contribution in [-0.2, 0) is 20.8 Å². The Morgan fingerprint density at radius 3 is 2.23 bits per heavy atom. The lowest BCUT2D eigenvalue weighted by atomic mass is 10.0. The molecule has 1 aromatic rings. The summed E-state index contributed by atoms with van der Waals surface area (Å²) < 4.78 is 40.0. The van der Waals surface area contributed by atoms with Crippen LogP contribution in [0.4, 0.5) is 18.0 Å². The summed E-state index contributed by atoms with van der Waals surface area (Å²) in [4.78, 5) is 49.0. The number of likely N-dealkylation sites (N-methyl/N-ethyl adjacent to an activating group) is 1. The Morgan fingerprint density at radius 1 is 1.06 bits per heavy atom. The Balaban J connectivity index is 0.000000466. The minimum atomic E-state index is -1.26. The third-order valence-electron chi connectivity index (χ3n) is 5.54. The zero-order chi connectivity index (χ0) is 26.3. The van der Waals surface area contributed by atoms with Crippen molar-refractivity contribution in [3.05, 3.63) is 47.3 Å². The predicted octanol–water partition coefficient (Wildman–Crippen LogP) is 1.04. The van der Waals surface area contributed by atoms with Crippen LogP contribution in [0.1, 0.15) is 18.9 Å². The van der Waals surface area contributed by atoms with Crippen LogP contribution in [0.25, 0.3) is 0 Å². The van der Waals surface area contributed by atoms with Crippen LogP contribution in [0.15, 0.2) is 24.3 Å². The number of urea groups is 1. The van der Waals surface area contributed by atoms with Crippen molar-refractivity contribution in [3.63, 3.8) is 0 Å². The van der Waals surface area contributed by atoms with E-state index < -0.39 is 35.4 Å². The second kappa shape index (κ2) is 12.2. The molecule has 0 radical (unpaired) electrons. The number of carboxylic acids is 2. The molecule has 0 bridgehead atoms. The maximum Gasteiger partial charge on any atom is 0.328 e. The molecule has 2 fully saturated rings. The van der Waals surface area contributed by atoms with Gasteiger partial charge in [0, 0.05) is 63.4 Å². The number of carbonyl (C=O) groups is 4. The highest BCUT2D eigenvalue weighted by molar-refractivity contribution is 5.89. The number of benzene rings is 1. The lowest BCUT2D eigenvalue weighted by Gasteiger charge is -2.36. The SMILES string of the molecule is CCN1CC2CN(C(=O)C[C@H](N)Cc3cc(F)c(F)cc3F)CCN2C1=O.O=C(O)/C=C/C(=O)O. The number of piperazine rings is 1. The van der Waals surface area contributed by atoms with Gasteiger partial charge in [0.2, 0.25) is 5.91 Å². The summed E-state index contributed by atoms with van der Waals surface area (Å²) in [6, 6.07) is 0.508.